The van der Waals surface area contributed by atoms with E-state index >= 15 is 0 Å². The highest BCUT2D eigenvalue weighted by Gasteiger charge is 2.48. The number of rotatable bonds is 6. The van der Waals surface area contributed by atoms with Gasteiger partial charge in [-0.3, -0.25) is 14.5 Å². The Hall–Kier alpha value is -4.00. The first kappa shape index (κ1) is 22.2. The third-order valence-corrected chi connectivity index (χ3v) is 5.30. The lowest BCUT2D eigenvalue weighted by Crippen LogP contribution is -2.29. The lowest BCUT2D eigenvalue weighted by molar-refractivity contribution is -0.132. The number of carbonyl (C=O) groups is 2. The van der Waals surface area contributed by atoms with Gasteiger partial charge in [0.25, 0.3) is 11.7 Å². The molecule has 2 aromatic carbocycles. The van der Waals surface area contributed by atoms with Crippen LogP contribution in [0.2, 0.25) is 0 Å². The average molecular weight is 447 g/mol. The summed E-state index contributed by atoms with van der Waals surface area (Å²) in [6.07, 6.45) is -0.0610. The molecule has 33 heavy (non-hydrogen) atoms. The molecule has 1 aliphatic rings. The molecule has 1 aromatic heterocycles. The molecular weight excluding hydrogens is 422 g/mol. The molecule has 0 spiro atoms. The standard InChI is InChI=1S/C26H25NO6/c1-15(2)32-20-7-5-6-17(14-20)24(28)22-23(21-13-8-16(3)33-21)27(26(30)25(22)29)18-9-11-19(31-4)12-10-18/h5-15,23,28H,1-4H3/b24-22-. The number of Topliss-reactive ketones (excluding diaryl/α,β-unsaturated/α-hetero) is 1. The van der Waals surface area contributed by atoms with Crippen LogP contribution < -0.4 is 14.4 Å². The number of methoxy groups -OCH3 is 1. The second-order valence-corrected chi connectivity index (χ2v) is 8.01. The van der Waals surface area contributed by atoms with Crippen molar-refractivity contribution in [1.29, 1.82) is 0 Å². The van der Waals surface area contributed by atoms with Crippen LogP contribution in [0.15, 0.2) is 70.7 Å². The molecule has 0 saturated carbocycles. The van der Waals surface area contributed by atoms with Crippen LogP contribution in [0.1, 0.15) is 37.0 Å². The Bertz CT molecular complexity index is 1220. The number of carbonyl (C=O) groups excluding carboxylic acids is 2. The van der Waals surface area contributed by atoms with E-state index in [1.165, 1.54) is 4.90 Å². The van der Waals surface area contributed by atoms with Gasteiger partial charge in [0.15, 0.2) is 0 Å². The molecule has 1 unspecified atom stereocenters. The average Bonchev–Trinajstić information content (AvgIpc) is 3.34. The fourth-order valence-corrected chi connectivity index (χ4v) is 3.86. The van der Waals surface area contributed by atoms with Gasteiger partial charge in [0.2, 0.25) is 0 Å². The van der Waals surface area contributed by atoms with Crippen LogP contribution in [0.5, 0.6) is 11.5 Å². The Morgan fingerprint density at radius 2 is 1.76 bits per heavy atom. The molecule has 0 radical (unpaired) electrons. The van der Waals surface area contributed by atoms with Gasteiger partial charge in [0.1, 0.15) is 34.8 Å². The predicted octanol–water partition coefficient (Wildman–Crippen LogP) is 5.01. The quantitative estimate of drug-likeness (QED) is 0.325. The third-order valence-electron chi connectivity index (χ3n) is 5.30. The smallest absolute Gasteiger partial charge is 0.300 e. The van der Waals surface area contributed by atoms with E-state index in [1.807, 2.05) is 13.8 Å². The van der Waals surface area contributed by atoms with Gasteiger partial charge in [-0.15, -0.1) is 0 Å². The molecule has 1 fully saturated rings. The summed E-state index contributed by atoms with van der Waals surface area (Å²) in [5.41, 5.74) is 0.800. The lowest BCUT2D eigenvalue weighted by atomic mass is 9.99. The van der Waals surface area contributed by atoms with Gasteiger partial charge in [-0.2, -0.15) is 0 Å². The number of benzene rings is 2. The van der Waals surface area contributed by atoms with Crippen LogP contribution in [-0.2, 0) is 9.59 Å². The minimum Gasteiger partial charge on any atom is -0.507 e. The van der Waals surface area contributed by atoms with E-state index in [9.17, 15) is 14.7 Å². The molecule has 0 aliphatic carbocycles. The fourth-order valence-electron chi connectivity index (χ4n) is 3.86. The first-order chi connectivity index (χ1) is 15.8. The number of aliphatic hydroxyl groups excluding tert-OH is 1. The van der Waals surface area contributed by atoms with Gasteiger partial charge in [0.05, 0.1) is 18.8 Å². The largest absolute Gasteiger partial charge is 0.507 e. The number of hydrogen-bond acceptors (Lipinski definition) is 6. The first-order valence-electron chi connectivity index (χ1n) is 10.6. The molecule has 1 amide bonds. The zero-order valence-corrected chi connectivity index (χ0v) is 18.9. The molecule has 1 aliphatic heterocycles. The molecule has 1 N–H and O–H groups in total. The van der Waals surface area contributed by atoms with E-state index in [-0.39, 0.29) is 17.4 Å². The summed E-state index contributed by atoms with van der Waals surface area (Å²) in [5.74, 6) is 0.313. The summed E-state index contributed by atoms with van der Waals surface area (Å²) in [4.78, 5) is 27.6. The van der Waals surface area contributed by atoms with Crippen LogP contribution in [0.25, 0.3) is 5.76 Å². The van der Waals surface area contributed by atoms with Crippen molar-refractivity contribution in [1.82, 2.24) is 0 Å². The van der Waals surface area contributed by atoms with Gasteiger partial charge in [0, 0.05) is 11.3 Å². The Morgan fingerprint density at radius 1 is 1.03 bits per heavy atom. The van der Waals surface area contributed by atoms with E-state index in [2.05, 4.69) is 0 Å². The van der Waals surface area contributed by atoms with Crippen LogP contribution >= 0.6 is 0 Å². The van der Waals surface area contributed by atoms with E-state index < -0.39 is 17.7 Å². The Labute approximate surface area is 191 Å². The molecule has 0 bridgehead atoms. The first-order valence-corrected chi connectivity index (χ1v) is 10.6. The fraction of sp³-hybridized carbons (Fsp3) is 0.231. The second kappa shape index (κ2) is 8.86. The summed E-state index contributed by atoms with van der Waals surface area (Å²) in [7, 11) is 1.55. The normalized spacial score (nSPS) is 17.6. The number of nitrogens with zero attached hydrogens (tertiary/aromatic N) is 1. The van der Waals surface area contributed by atoms with E-state index in [4.69, 9.17) is 13.9 Å². The highest BCUT2D eigenvalue weighted by atomic mass is 16.5. The van der Waals surface area contributed by atoms with Crippen molar-refractivity contribution in [3.8, 4) is 11.5 Å². The number of ketones is 1. The van der Waals surface area contributed by atoms with Gasteiger partial charge < -0.3 is 19.0 Å². The SMILES string of the molecule is COc1ccc(N2C(=O)C(=O)/C(=C(\O)c3cccc(OC(C)C)c3)C2c2ccc(C)o2)cc1. The van der Waals surface area contributed by atoms with Gasteiger partial charge in [-0.05, 0) is 69.3 Å². The minimum atomic E-state index is -0.929. The Kier molecular flexibility index (Phi) is 5.96. The molecule has 4 rings (SSSR count). The van der Waals surface area contributed by atoms with Crippen LogP contribution in [-0.4, -0.2) is 30.0 Å². The molecule has 1 saturated heterocycles. The molecule has 7 heteroatoms. The number of amides is 1. The Morgan fingerprint density at radius 3 is 2.36 bits per heavy atom. The molecule has 170 valence electrons. The van der Waals surface area contributed by atoms with E-state index in [0.717, 1.165) is 0 Å². The van der Waals surface area contributed by atoms with E-state index in [1.54, 1.807) is 74.7 Å². The summed E-state index contributed by atoms with van der Waals surface area (Å²) in [6, 6.07) is 16.1. The van der Waals surface area contributed by atoms with E-state index in [0.29, 0.717) is 34.3 Å². The summed E-state index contributed by atoms with van der Waals surface area (Å²) < 4.78 is 16.7. The van der Waals surface area contributed by atoms with Crippen molar-refractivity contribution in [2.75, 3.05) is 12.0 Å². The highest BCUT2D eigenvalue weighted by Crippen LogP contribution is 2.43. The second-order valence-electron chi connectivity index (χ2n) is 8.01. The molecule has 2 heterocycles. The summed E-state index contributed by atoms with van der Waals surface area (Å²) >= 11 is 0. The number of ether oxygens (including phenoxy) is 2. The van der Waals surface area contributed by atoms with Crippen molar-refractivity contribution in [2.24, 2.45) is 0 Å². The number of aryl methyl sites for hydroxylation is 1. The van der Waals surface area contributed by atoms with Crippen molar-refractivity contribution in [3.05, 3.63) is 83.3 Å². The molecule has 7 nitrogen and oxygen atoms in total. The topological polar surface area (TPSA) is 89.2 Å². The molecular formula is C26H25NO6. The van der Waals surface area contributed by atoms with Crippen molar-refractivity contribution < 1.29 is 28.6 Å². The van der Waals surface area contributed by atoms with Gasteiger partial charge in [-0.25, -0.2) is 0 Å². The van der Waals surface area contributed by atoms with Crippen LogP contribution in [0.4, 0.5) is 5.69 Å². The van der Waals surface area contributed by atoms with Gasteiger partial charge in [-0.1, -0.05) is 12.1 Å². The number of hydrogen-bond donors (Lipinski definition) is 1. The van der Waals surface area contributed by atoms with Crippen LogP contribution in [0, 0.1) is 6.92 Å². The monoisotopic (exact) mass is 447 g/mol. The molecule has 3 aromatic rings. The minimum absolute atomic E-state index is 0.0492. The van der Waals surface area contributed by atoms with Crippen molar-refractivity contribution in [3.63, 3.8) is 0 Å². The number of aliphatic hydroxyl groups is 1. The third kappa shape index (κ3) is 4.22. The predicted molar refractivity (Wildman–Crippen MR) is 123 cm³/mol. The zero-order chi connectivity index (χ0) is 23.7. The lowest BCUT2D eigenvalue weighted by Gasteiger charge is -2.23. The number of furan rings is 1. The zero-order valence-electron chi connectivity index (χ0n) is 18.9. The van der Waals surface area contributed by atoms with Crippen molar-refractivity contribution in [2.45, 2.75) is 32.9 Å². The maximum absolute atomic E-state index is 13.2. The van der Waals surface area contributed by atoms with Crippen molar-refractivity contribution >= 4 is 23.1 Å². The molecule has 1 atom stereocenters. The summed E-state index contributed by atoms with van der Waals surface area (Å²) in [6.45, 7) is 5.56. The highest BCUT2D eigenvalue weighted by molar-refractivity contribution is 6.51. The Balaban J connectivity index is 1.87. The van der Waals surface area contributed by atoms with Crippen LogP contribution in [0.3, 0.4) is 0 Å². The summed E-state index contributed by atoms with van der Waals surface area (Å²) in [5, 5.41) is 11.2. The number of anilines is 1. The maximum atomic E-state index is 13.2. The van der Waals surface area contributed by atoms with Gasteiger partial charge >= 0.3 is 0 Å². The maximum Gasteiger partial charge on any atom is 0.300 e.